The highest BCUT2D eigenvalue weighted by Crippen LogP contribution is 2.17. The number of hydrogen-bond acceptors (Lipinski definition) is 4. The second-order valence-corrected chi connectivity index (χ2v) is 6.83. The maximum Gasteiger partial charge on any atom is 0.251 e. The van der Waals surface area contributed by atoms with E-state index in [1.807, 2.05) is 0 Å². The normalized spacial score (nSPS) is 18.7. The number of sulfonamides is 1. The molecular formula is C14H20N2O4S. The van der Waals surface area contributed by atoms with Crippen molar-refractivity contribution in [3.05, 3.63) is 29.3 Å². The Hall–Kier alpha value is -1.44. The molecule has 1 aromatic carbocycles. The Kier molecular flexibility index (Phi) is 4.97. The summed E-state index contributed by atoms with van der Waals surface area (Å²) in [5.41, 5.74) is 0.824. The molecule has 1 atom stereocenters. The minimum absolute atomic E-state index is 0.0145. The molecule has 7 heteroatoms. The number of hydrogen-bond donors (Lipinski definition) is 2. The monoisotopic (exact) mass is 312 g/mol. The molecular weight excluding hydrogens is 292 g/mol. The largest absolute Gasteiger partial charge is 0.381 e. The summed E-state index contributed by atoms with van der Waals surface area (Å²) in [7, 11) is -3.82. The maximum absolute atomic E-state index is 12.0. The molecule has 1 aliphatic rings. The van der Waals surface area contributed by atoms with Crippen LogP contribution in [0, 0.1) is 12.8 Å². The van der Waals surface area contributed by atoms with Gasteiger partial charge in [-0.2, -0.15) is 0 Å². The molecule has 0 aliphatic carbocycles. The minimum atomic E-state index is -3.82. The number of ether oxygens (including phenoxy) is 1. The van der Waals surface area contributed by atoms with E-state index in [-0.39, 0.29) is 10.8 Å². The molecule has 1 fully saturated rings. The maximum atomic E-state index is 12.0. The number of benzene rings is 1. The number of amides is 1. The zero-order valence-electron chi connectivity index (χ0n) is 12.0. The van der Waals surface area contributed by atoms with E-state index >= 15 is 0 Å². The molecule has 1 aromatic rings. The van der Waals surface area contributed by atoms with Crippen LogP contribution in [0.3, 0.4) is 0 Å². The van der Waals surface area contributed by atoms with Crippen LogP contribution in [0.4, 0.5) is 0 Å². The van der Waals surface area contributed by atoms with E-state index in [0.29, 0.717) is 23.6 Å². The van der Waals surface area contributed by atoms with Gasteiger partial charge in [0.1, 0.15) is 0 Å². The van der Waals surface area contributed by atoms with Crippen molar-refractivity contribution < 1.29 is 17.9 Å². The van der Waals surface area contributed by atoms with Gasteiger partial charge in [-0.15, -0.1) is 0 Å². The third kappa shape index (κ3) is 4.26. The van der Waals surface area contributed by atoms with Crippen LogP contribution < -0.4 is 10.5 Å². The first-order chi connectivity index (χ1) is 9.88. The second kappa shape index (κ2) is 6.55. The molecule has 0 spiro atoms. The van der Waals surface area contributed by atoms with Crippen LogP contribution in [0.5, 0.6) is 0 Å². The number of nitrogens with two attached hydrogens (primary N) is 1. The van der Waals surface area contributed by atoms with Crippen LogP contribution in [0.25, 0.3) is 0 Å². The Bertz CT molecular complexity index is 622. The molecule has 6 nitrogen and oxygen atoms in total. The lowest BCUT2D eigenvalue weighted by molar-refractivity contribution is 0.0950. The summed E-state index contributed by atoms with van der Waals surface area (Å²) in [6, 6.07) is 4.50. The fourth-order valence-corrected chi connectivity index (χ4v) is 3.16. The fourth-order valence-electron chi connectivity index (χ4n) is 2.35. The van der Waals surface area contributed by atoms with Crippen molar-refractivity contribution in [1.82, 2.24) is 5.32 Å². The van der Waals surface area contributed by atoms with Crippen molar-refractivity contribution >= 4 is 15.9 Å². The van der Waals surface area contributed by atoms with Crippen LogP contribution in [0.15, 0.2) is 23.1 Å². The average Bonchev–Trinajstić information content (AvgIpc) is 2.91. The Morgan fingerprint density at radius 1 is 1.48 bits per heavy atom. The van der Waals surface area contributed by atoms with Crippen LogP contribution in [0.2, 0.25) is 0 Å². The van der Waals surface area contributed by atoms with Crippen molar-refractivity contribution in [3.63, 3.8) is 0 Å². The van der Waals surface area contributed by atoms with Crippen molar-refractivity contribution in [2.45, 2.75) is 24.7 Å². The molecule has 1 saturated heterocycles. The first kappa shape index (κ1) is 15.9. The summed E-state index contributed by atoms with van der Waals surface area (Å²) in [5, 5.41) is 7.93. The summed E-state index contributed by atoms with van der Waals surface area (Å²) in [6.45, 7) is 3.72. The molecule has 1 heterocycles. The molecule has 21 heavy (non-hydrogen) atoms. The molecule has 0 saturated carbocycles. The van der Waals surface area contributed by atoms with Gasteiger partial charge in [-0.1, -0.05) is 6.07 Å². The van der Waals surface area contributed by atoms with E-state index in [2.05, 4.69) is 5.32 Å². The fraction of sp³-hybridized carbons (Fsp3) is 0.500. The highest BCUT2D eigenvalue weighted by Gasteiger charge is 2.17. The molecule has 1 aliphatic heterocycles. The van der Waals surface area contributed by atoms with Gasteiger partial charge in [0.15, 0.2) is 0 Å². The summed E-state index contributed by atoms with van der Waals surface area (Å²) in [6.07, 6.45) is 1.88. The van der Waals surface area contributed by atoms with Gasteiger partial charge < -0.3 is 10.1 Å². The van der Waals surface area contributed by atoms with Crippen LogP contribution in [0.1, 0.15) is 28.8 Å². The second-order valence-electron chi connectivity index (χ2n) is 5.30. The zero-order valence-corrected chi connectivity index (χ0v) is 12.8. The molecule has 2 rings (SSSR count). The van der Waals surface area contributed by atoms with Gasteiger partial charge in [0.2, 0.25) is 10.0 Å². The van der Waals surface area contributed by atoms with E-state index in [1.54, 1.807) is 19.1 Å². The molecule has 0 radical (unpaired) electrons. The first-order valence-corrected chi connectivity index (χ1v) is 8.42. The van der Waals surface area contributed by atoms with E-state index in [4.69, 9.17) is 9.88 Å². The standard InChI is InChI=1S/C14H20N2O4S/c1-10-2-3-12(8-13(10)21(15,18)19)14(17)16-6-4-11-5-7-20-9-11/h2-3,8,11H,4-7,9H2,1H3,(H,16,17)(H2,15,18,19). The van der Waals surface area contributed by atoms with Gasteiger partial charge in [-0.05, 0) is 43.4 Å². The molecule has 0 bridgehead atoms. The molecule has 1 amide bonds. The lowest BCUT2D eigenvalue weighted by atomic mass is 10.1. The summed E-state index contributed by atoms with van der Waals surface area (Å²) in [5.74, 6) is 0.196. The predicted octanol–water partition coefficient (Wildman–Crippen LogP) is 0.799. The molecule has 0 aromatic heterocycles. The van der Waals surface area contributed by atoms with Crippen LogP contribution >= 0.6 is 0 Å². The predicted molar refractivity (Wildman–Crippen MR) is 78.4 cm³/mol. The summed E-state index contributed by atoms with van der Waals surface area (Å²) >= 11 is 0. The van der Waals surface area contributed by atoms with E-state index < -0.39 is 10.0 Å². The topological polar surface area (TPSA) is 98.5 Å². The number of rotatable bonds is 5. The third-order valence-electron chi connectivity index (χ3n) is 3.62. The van der Waals surface area contributed by atoms with Gasteiger partial charge >= 0.3 is 0 Å². The van der Waals surface area contributed by atoms with Crippen molar-refractivity contribution in [2.24, 2.45) is 11.1 Å². The van der Waals surface area contributed by atoms with Gasteiger partial charge in [-0.25, -0.2) is 13.6 Å². The van der Waals surface area contributed by atoms with E-state index in [0.717, 1.165) is 26.1 Å². The Balaban J connectivity index is 1.99. The van der Waals surface area contributed by atoms with Gasteiger partial charge in [0.25, 0.3) is 5.91 Å². The molecule has 116 valence electrons. The highest BCUT2D eigenvalue weighted by molar-refractivity contribution is 7.89. The number of carbonyl (C=O) groups excluding carboxylic acids is 1. The zero-order chi connectivity index (χ0) is 15.5. The van der Waals surface area contributed by atoms with Gasteiger partial charge in [-0.3, -0.25) is 4.79 Å². The molecule has 1 unspecified atom stereocenters. The van der Waals surface area contributed by atoms with Crippen molar-refractivity contribution in [1.29, 1.82) is 0 Å². The Labute approximate surface area is 124 Å². The molecule has 3 N–H and O–H groups in total. The van der Waals surface area contributed by atoms with Crippen molar-refractivity contribution in [3.8, 4) is 0 Å². The van der Waals surface area contributed by atoms with Gasteiger partial charge in [0.05, 0.1) is 4.90 Å². The quantitative estimate of drug-likeness (QED) is 0.840. The SMILES string of the molecule is Cc1ccc(C(=O)NCCC2CCOC2)cc1S(N)(=O)=O. The Morgan fingerprint density at radius 3 is 2.86 bits per heavy atom. The van der Waals surface area contributed by atoms with Crippen molar-refractivity contribution in [2.75, 3.05) is 19.8 Å². The third-order valence-corrected chi connectivity index (χ3v) is 4.67. The lowest BCUT2D eigenvalue weighted by Gasteiger charge is -2.10. The van der Waals surface area contributed by atoms with Crippen LogP contribution in [-0.2, 0) is 14.8 Å². The number of primary sulfonamides is 1. The lowest BCUT2D eigenvalue weighted by Crippen LogP contribution is -2.26. The Morgan fingerprint density at radius 2 is 2.24 bits per heavy atom. The van der Waals surface area contributed by atoms with E-state index in [9.17, 15) is 13.2 Å². The number of carbonyl (C=O) groups is 1. The number of nitrogens with one attached hydrogen (secondary N) is 1. The van der Waals surface area contributed by atoms with E-state index in [1.165, 1.54) is 6.07 Å². The highest BCUT2D eigenvalue weighted by atomic mass is 32.2. The first-order valence-electron chi connectivity index (χ1n) is 6.87. The van der Waals surface area contributed by atoms with Crippen LogP contribution in [-0.4, -0.2) is 34.1 Å². The summed E-state index contributed by atoms with van der Waals surface area (Å²) < 4.78 is 28.2. The number of aryl methyl sites for hydroxylation is 1. The summed E-state index contributed by atoms with van der Waals surface area (Å²) in [4.78, 5) is 12.0. The smallest absolute Gasteiger partial charge is 0.251 e. The minimum Gasteiger partial charge on any atom is -0.381 e. The van der Waals surface area contributed by atoms with Gasteiger partial charge in [0, 0.05) is 25.3 Å². The average molecular weight is 312 g/mol.